The number of hydrogen-bond acceptors (Lipinski definition) is 2. The number of aromatic nitrogens is 1. The first-order chi connectivity index (χ1) is 9.12. The molecule has 2 N–H and O–H groups in total. The minimum atomic E-state index is -0.548. The number of carbonyl (C=O) groups excluding carboxylic acids is 1. The highest BCUT2D eigenvalue weighted by molar-refractivity contribution is 5.89. The Morgan fingerprint density at radius 3 is 2.79 bits per heavy atom. The van der Waals surface area contributed by atoms with Crippen molar-refractivity contribution in [3.05, 3.63) is 24.0 Å². The summed E-state index contributed by atoms with van der Waals surface area (Å²) in [5, 5.41) is 0. The summed E-state index contributed by atoms with van der Waals surface area (Å²) in [6.07, 6.45) is 8.31. The van der Waals surface area contributed by atoms with Crippen LogP contribution in [0.5, 0.6) is 0 Å². The molecule has 2 aliphatic rings. The van der Waals surface area contributed by atoms with Crippen molar-refractivity contribution in [2.75, 3.05) is 6.54 Å². The molecule has 1 aliphatic carbocycles. The lowest BCUT2D eigenvalue weighted by Crippen LogP contribution is -2.47. The van der Waals surface area contributed by atoms with Crippen LogP contribution in [-0.2, 0) is 11.8 Å². The van der Waals surface area contributed by atoms with Gasteiger partial charge in [0, 0.05) is 25.5 Å². The average Bonchev–Trinajstić information content (AvgIpc) is 3.08. The molecule has 3 rings (SSSR count). The molecule has 1 saturated carbocycles. The fourth-order valence-electron chi connectivity index (χ4n) is 3.11. The molecule has 1 amide bonds. The molecule has 2 heterocycles. The zero-order valence-electron chi connectivity index (χ0n) is 11.6. The van der Waals surface area contributed by atoms with E-state index in [9.17, 15) is 4.79 Å². The van der Waals surface area contributed by atoms with E-state index in [2.05, 4.69) is 34.8 Å². The molecule has 2 fully saturated rings. The molecule has 1 aromatic heterocycles. The molecule has 0 aromatic carbocycles. The Morgan fingerprint density at radius 2 is 2.16 bits per heavy atom. The maximum Gasteiger partial charge on any atom is 0.243 e. The first-order valence-electron chi connectivity index (χ1n) is 7.33. The fraction of sp³-hybridized carbons (Fsp3) is 0.667. The third-order valence-corrected chi connectivity index (χ3v) is 4.55. The number of nitrogens with two attached hydrogens (primary N) is 1. The fourth-order valence-corrected chi connectivity index (χ4v) is 3.11. The third-order valence-electron chi connectivity index (χ3n) is 4.55. The first-order valence-corrected chi connectivity index (χ1v) is 7.33. The predicted molar refractivity (Wildman–Crippen MR) is 74.5 cm³/mol. The van der Waals surface area contributed by atoms with Crippen LogP contribution in [0.25, 0.3) is 0 Å². The van der Waals surface area contributed by atoms with Crippen LogP contribution in [0.1, 0.15) is 50.3 Å². The Hall–Kier alpha value is -1.29. The van der Waals surface area contributed by atoms with Crippen molar-refractivity contribution < 1.29 is 4.79 Å². The topological polar surface area (TPSA) is 51.3 Å². The normalized spacial score (nSPS) is 26.0. The summed E-state index contributed by atoms with van der Waals surface area (Å²) >= 11 is 0. The van der Waals surface area contributed by atoms with Gasteiger partial charge in [0.15, 0.2) is 0 Å². The van der Waals surface area contributed by atoms with Crippen LogP contribution in [0.4, 0.5) is 0 Å². The van der Waals surface area contributed by atoms with Crippen LogP contribution < -0.4 is 5.73 Å². The number of nitrogens with zero attached hydrogens (tertiary/aromatic N) is 2. The van der Waals surface area contributed by atoms with Gasteiger partial charge in [-0.15, -0.1) is 0 Å². The number of carbonyl (C=O) groups is 1. The van der Waals surface area contributed by atoms with Gasteiger partial charge in [0.25, 0.3) is 0 Å². The Bertz CT molecular complexity index is 475. The van der Waals surface area contributed by atoms with E-state index < -0.39 is 5.54 Å². The molecular weight excluding hydrogens is 238 g/mol. The summed E-state index contributed by atoms with van der Waals surface area (Å²) in [6, 6.07) is 4.39. The third kappa shape index (κ3) is 2.29. The van der Waals surface area contributed by atoms with Crippen molar-refractivity contribution in [2.24, 2.45) is 12.8 Å². The standard InChI is InChI=1S/C15H23N3O/c1-17-10-5-7-12(17)13-6-3-2-4-11-18(13)14(19)15(16)8-9-15/h5,7,10,13H,2-4,6,8-9,11,16H2,1H3. The molecular formula is C15H23N3O. The first kappa shape index (κ1) is 12.7. The summed E-state index contributed by atoms with van der Waals surface area (Å²) in [5.41, 5.74) is 6.82. The minimum absolute atomic E-state index is 0.167. The van der Waals surface area contributed by atoms with E-state index in [1.165, 1.54) is 18.5 Å². The lowest BCUT2D eigenvalue weighted by molar-refractivity contribution is -0.136. The summed E-state index contributed by atoms with van der Waals surface area (Å²) in [5.74, 6) is 0.167. The highest BCUT2D eigenvalue weighted by Crippen LogP contribution is 2.39. The van der Waals surface area contributed by atoms with Crippen LogP contribution in [0.2, 0.25) is 0 Å². The summed E-state index contributed by atoms with van der Waals surface area (Å²) in [4.78, 5) is 14.7. The molecule has 0 radical (unpaired) electrons. The molecule has 1 aliphatic heterocycles. The van der Waals surface area contributed by atoms with Crippen molar-refractivity contribution in [1.29, 1.82) is 0 Å². The average molecular weight is 261 g/mol. The van der Waals surface area contributed by atoms with Crippen molar-refractivity contribution in [3.8, 4) is 0 Å². The van der Waals surface area contributed by atoms with E-state index in [-0.39, 0.29) is 11.9 Å². The van der Waals surface area contributed by atoms with Gasteiger partial charge in [-0.3, -0.25) is 4.79 Å². The Labute approximate surface area is 114 Å². The van der Waals surface area contributed by atoms with Crippen molar-refractivity contribution in [2.45, 2.75) is 50.1 Å². The molecule has 19 heavy (non-hydrogen) atoms. The molecule has 4 heteroatoms. The van der Waals surface area contributed by atoms with Gasteiger partial charge in [-0.25, -0.2) is 0 Å². The Morgan fingerprint density at radius 1 is 1.37 bits per heavy atom. The number of likely N-dealkylation sites (tertiary alicyclic amines) is 1. The number of aryl methyl sites for hydroxylation is 1. The van der Waals surface area contributed by atoms with Crippen LogP contribution in [0.15, 0.2) is 18.3 Å². The molecule has 1 unspecified atom stereocenters. The van der Waals surface area contributed by atoms with Crippen molar-refractivity contribution >= 4 is 5.91 Å². The summed E-state index contributed by atoms with van der Waals surface area (Å²) < 4.78 is 2.13. The number of hydrogen-bond donors (Lipinski definition) is 1. The second-order valence-electron chi connectivity index (χ2n) is 6.06. The number of amides is 1. The molecule has 104 valence electrons. The smallest absolute Gasteiger partial charge is 0.243 e. The maximum absolute atomic E-state index is 12.6. The summed E-state index contributed by atoms with van der Waals surface area (Å²) in [6.45, 7) is 0.855. The quantitative estimate of drug-likeness (QED) is 0.884. The van der Waals surface area contributed by atoms with Gasteiger partial charge < -0.3 is 15.2 Å². The van der Waals surface area contributed by atoms with E-state index in [1.807, 2.05) is 0 Å². The monoisotopic (exact) mass is 261 g/mol. The van der Waals surface area contributed by atoms with Gasteiger partial charge in [0.2, 0.25) is 5.91 Å². The van der Waals surface area contributed by atoms with Gasteiger partial charge in [0.1, 0.15) is 0 Å². The highest BCUT2D eigenvalue weighted by atomic mass is 16.2. The van der Waals surface area contributed by atoms with E-state index in [0.29, 0.717) is 0 Å². The van der Waals surface area contributed by atoms with Gasteiger partial charge >= 0.3 is 0 Å². The van der Waals surface area contributed by atoms with E-state index in [1.54, 1.807) is 0 Å². The SMILES string of the molecule is Cn1cccc1C1CCCCCN1C(=O)C1(N)CC1. The maximum atomic E-state index is 12.6. The van der Waals surface area contributed by atoms with Crippen LogP contribution in [-0.4, -0.2) is 27.5 Å². The van der Waals surface area contributed by atoms with Gasteiger partial charge in [-0.2, -0.15) is 0 Å². The van der Waals surface area contributed by atoms with Crippen molar-refractivity contribution in [1.82, 2.24) is 9.47 Å². The van der Waals surface area contributed by atoms with Crippen LogP contribution in [0, 0.1) is 0 Å². The lowest BCUT2D eigenvalue weighted by atomic mass is 10.1. The van der Waals surface area contributed by atoms with Gasteiger partial charge in [0.05, 0.1) is 11.6 Å². The van der Waals surface area contributed by atoms with E-state index in [4.69, 9.17) is 5.73 Å². The lowest BCUT2D eigenvalue weighted by Gasteiger charge is -2.32. The second kappa shape index (κ2) is 4.67. The van der Waals surface area contributed by atoms with E-state index in [0.717, 1.165) is 32.2 Å². The molecule has 4 nitrogen and oxygen atoms in total. The minimum Gasteiger partial charge on any atom is -0.353 e. The highest BCUT2D eigenvalue weighted by Gasteiger charge is 2.49. The Balaban J connectivity index is 1.89. The molecule has 0 spiro atoms. The van der Waals surface area contributed by atoms with Crippen LogP contribution >= 0.6 is 0 Å². The number of rotatable bonds is 2. The van der Waals surface area contributed by atoms with E-state index >= 15 is 0 Å². The Kier molecular flexibility index (Phi) is 3.13. The molecule has 1 atom stereocenters. The molecule has 1 saturated heterocycles. The predicted octanol–water partition coefficient (Wildman–Crippen LogP) is 1.96. The second-order valence-corrected chi connectivity index (χ2v) is 6.06. The van der Waals surface area contributed by atoms with Crippen LogP contribution in [0.3, 0.4) is 0 Å². The van der Waals surface area contributed by atoms with Gasteiger partial charge in [-0.05, 0) is 37.8 Å². The zero-order valence-corrected chi connectivity index (χ0v) is 11.6. The van der Waals surface area contributed by atoms with Gasteiger partial charge in [-0.1, -0.05) is 12.8 Å². The van der Waals surface area contributed by atoms with Crippen molar-refractivity contribution in [3.63, 3.8) is 0 Å². The molecule has 0 bridgehead atoms. The summed E-state index contributed by atoms with van der Waals surface area (Å²) in [7, 11) is 2.05. The molecule has 1 aromatic rings. The zero-order chi connectivity index (χ0) is 13.5. The largest absolute Gasteiger partial charge is 0.353 e.